The second-order valence-electron chi connectivity index (χ2n) is 5.26. The molecule has 1 aromatic carbocycles. The lowest BCUT2D eigenvalue weighted by molar-refractivity contribution is 0.296. The van der Waals surface area contributed by atoms with E-state index in [1.807, 2.05) is 0 Å². The fourth-order valence-corrected chi connectivity index (χ4v) is 2.59. The number of hydrogen-bond acceptors (Lipinski definition) is 4. The molecule has 0 amide bonds. The Morgan fingerprint density at radius 3 is 2.60 bits per heavy atom. The van der Waals surface area contributed by atoms with Crippen molar-refractivity contribution in [2.24, 2.45) is 0 Å². The molecule has 0 unspecified atom stereocenters. The molecule has 112 valence electrons. The Hall–Kier alpha value is -1.49. The van der Waals surface area contributed by atoms with Gasteiger partial charge >= 0.3 is 0 Å². The van der Waals surface area contributed by atoms with Gasteiger partial charge in [0.25, 0.3) is 0 Å². The van der Waals surface area contributed by atoms with Crippen LogP contribution in [0.15, 0.2) is 12.1 Å². The van der Waals surface area contributed by atoms with Gasteiger partial charge in [0.1, 0.15) is 0 Å². The second-order valence-corrected chi connectivity index (χ2v) is 5.26. The van der Waals surface area contributed by atoms with Crippen LogP contribution in [0.1, 0.15) is 25.7 Å². The largest absolute Gasteiger partial charge is 0.494 e. The van der Waals surface area contributed by atoms with Crippen molar-refractivity contribution in [1.82, 2.24) is 4.90 Å². The Balaban J connectivity index is 1.87. The lowest BCUT2D eigenvalue weighted by Gasteiger charge is -2.20. The molecule has 1 fully saturated rings. The summed E-state index contributed by atoms with van der Waals surface area (Å²) in [6.45, 7) is 4.13. The zero-order valence-corrected chi connectivity index (χ0v) is 12.1. The first-order valence-corrected chi connectivity index (χ1v) is 7.30. The molecule has 20 heavy (non-hydrogen) atoms. The molecule has 1 saturated heterocycles. The molecule has 0 atom stereocenters. The van der Waals surface area contributed by atoms with Gasteiger partial charge in [-0.25, -0.2) is 4.39 Å². The predicted molar refractivity (Wildman–Crippen MR) is 80.8 cm³/mol. The van der Waals surface area contributed by atoms with E-state index in [1.165, 1.54) is 51.9 Å². The number of ether oxygens (including phenoxy) is 1. The van der Waals surface area contributed by atoms with Crippen LogP contribution in [0.3, 0.4) is 0 Å². The van der Waals surface area contributed by atoms with Crippen LogP contribution in [0.2, 0.25) is 0 Å². The molecule has 5 heteroatoms. The number of nitrogen functional groups attached to an aromatic ring is 1. The highest BCUT2D eigenvalue weighted by atomic mass is 19.1. The van der Waals surface area contributed by atoms with E-state index in [9.17, 15) is 4.39 Å². The molecule has 0 spiro atoms. The van der Waals surface area contributed by atoms with Crippen molar-refractivity contribution in [1.29, 1.82) is 0 Å². The number of likely N-dealkylation sites (tertiary alicyclic amines) is 1. The Morgan fingerprint density at radius 2 is 1.95 bits per heavy atom. The number of anilines is 2. The van der Waals surface area contributed by atoms with E-state index in [0.717, 1.165) is 18.8 Å². The van der Waals surface area contributed by atoms with Crippen molar-refractivity contribution in [2.75, 3.05) is 44.3 Å². The topological polar surface area (TPSA) is 50.5 Å². The summed E-state index contributed by atoms with van der Waals surface area (Å²) >= 11 is 0. The van der Waals surface area contributed by atoms with E-state index in [0.29, 0.717) is 5.69 Å². The number of nitrogens with zero attached hydrogens (tertiary/aromatic N) is 1. The fraction of sp³-hybridized carbons (Fsp3) is 0.600. The number of halogens is 1. The average molecular weight is 281 g/mol. The van der Waals surface area contributed by atoms with Crippen molar-refractivity contribution in [3.05, 3.63) is 17.9 Å². The lowest BCUT2D eigenvalue weighted by atomic mass is 10.2. The van der Waals surface area contributed by atoms with Crippen molar-refractivity contribution in [3.63, 3.8) is 0 Å². The first kappa shape index (κ1) is 14.9. The minimum absolute atomic E-state index is 0.219. The molecular formula is C15H24FN3O. The van der Waals surface area contributed by atoms with Crippen LogP contribution < -0.4 is 15.8 Å². The summed E-state index contributed by atoms with van der Waals surface area (Å²) in [4.78, 5) is 2.47. The third kappa shape index (κ3) is 4.00. The van der Waals surface area contributed by atoms with Gasteiger partial charge in [0, 0.05) is 25.2 Å². The fourth-order valence-electron chi connectivity index (χ4n) is 2.59. The zero-order valence-electron chi connectivity index (χ0n) is 12.1. The summed E-state index contributed by atoms with van der Waals surface area (Å²) in [7, 11) is 1.45. The number of nitrogens with two attached hydrogens (primary N) is 1. The molecule has 0 saturated carbocycles. The molecule has 0 aromatic heterocycles. The summed E-state index contributed by atoms with van der Waals surface area (Å²) in [5.41, 5.74) is 6.97. The van der Waals surface area contributed by atoms with E-state index in [-0.39, 0.29) is 5.75 Å². The third-order valence-electron chi connectivity index (χ3n) is 3.77. The van der Waals surface area contributed by atoms with Crippen LogP contribution in [-0.2, 0) is 0 Å². The van der Waals surface area contributed by atoms with Gasteiger partial charge in [0.2, 0.25) is 0 Å². The van der Waals surface area contributed by atoms with E-state index in [1.54, 1.807) is 6.07 Å². The molecule has 4 nitrogen and oxygen atoms in total. The highest BCUT2D eigenvalue weighted by molar-refractivity contribution is 5.68. The van der Waals surface area contributed by atoms with Crippen LogP contribution in [0.5, 0.6) is 5.75 Å². The number of benzene rings is 1. The van der Waals surface area contributed by atoms with Crippen LogP contribution in [0.25, 0.3) is 0 Å². The van der Waals surface area contributed by atoms with Crippen molar-refractivity contribution in [3.8, 4) is 5.75 Å². The highest BCUT2D eigenvalue weighted by Crippen LogP contribution is 2.27. The van der Waals surface area contributed by atoms with Gasteiger partial charge in [-0.2, -0.15) is 0 Å². The van der Waals surface area contributed by atoms with Gasteiger partial charge in [-0.15, -0.1) is 0 Å². The minimum atomic E-state index is -0.428. The van der Waals surface area contributed by atoms with Crippen LogP contribution in [-0.4, -0.2) is 38.2 Å². The van der Waals surface area contributed by atoms with Gasteiger partial charge in [-0.05, 0) is 25.9 Å². The summed E-state index contributed by atoms with van der Waals surface area (Å²) in [6, 6.07) is 2.92. The van der Waals surface area contributed by atoms with Gasteiger partial charge in [0.05, 0.1) is 18.5 Å². The van der Waals surface area contributed by atoms with E-state index in [4.69, 9.17) is 10.5 Å². The summed E-state index contributed by atoms with van der Waals surface area (Å²) < 4.78 is 18.4. The Bertz CT molecular complexity index is 431. The monoisotopic (exact) mass is 281 g/mol. The molecule has 0 radical (unpaired) electrons. The summed E-state index contributed by atoms with van der Waals surface area (Å²) in [6.07, 6.45) is 5.25. The third-order valence-corrected chi connectivity index (χ3v) is 3.77. The maximum Gasteiger partial charge on any atom is 0.167 e. The summed E-state index contributed by atoms with van der Waals surface area (Å²) in [5, 5.41) is 3.27. The normalized spacial score (nSPS) is 16.7. The molecule has 0 aliphatic carbocycles. The van der Waals surface area contributed by atoms with E-state index in [2.05, 4.69) is 10.2 Å². The van der Waals surface area contributed by atoms with Gasteiger partial charge in [0.15, 0.2) is 11.6 Å². The first-order valence-electron chi connectivity index (χ1n) is 7.30. The molecule has 1 heterocycles. The molecular weight excluding hydrogens is 257 g/mol. The quantitative estimate of drug-likeness (QED) is 0.815. The number of nitrogens with one attached hydrogen (secondary N) is 1. The predicted octanol–water partition coefficient (Wildman–Crippen LogP) is 2.70. The molecule has 1 aromatic rings. The number of methoxy groups -OCH3 is 1. The van der Waals surface area contributed by atoms with Crippen LogP contribution >= 0.6 is 0 Å². The lowest BCUT2D eigenvalue weighted by Crippen LogP contribution is -2.30. The molecule has 1 aliphatic rings. The van der Waals surface area contributed by atoms with Crippen molar-refractivity contribution in [2.45, 2.75) is 25.7 Å². The first-order chi connectivity index (χ1) is 9.70. The van der Waals surface area contributed by atoms with Crippen LogP contribution in [0, 0.1) is 5.82 Å². The maximum absolute atomic E-state index is 13.4. The van der Waals surface area contributed by atoms with Crippen LogP contribution in [0.4, 0.5) is 15.8 Å². The van der Waals surface area contributed by atoms with Gasteiger partial charge < -0.3 is 20.7 Å². The molecule has 3 N–H and O–H groups in total. The summed E-state index contributed by atoms with van der Waals surface area (Å²) in [5.74, 6) is -0.209. The number of rotatable bonds is 5. The zero-order chi connectivity index (χ0) is 14.4. The Kier molecular flexibility index (Phi) is 5.47. The minimum Gasteiger partial charge on any atom is -0.494 e. The molecule has 0 bridgehead atoms. The van der Waals surface area contributed by atoms with Gasteiger partial charge in [-0.3, -0.25) is 0 Å². The van der Waals surface area contributed by atoms with E-state index < -0.39 is 5.82 Å². The SMILES string of the molecule is COc1cc(NCCN2CCCCCC2)c(N)cc1F. The Labute approximate surface area is 120 Å². The highest BCUT2D eigenvalue weighted by Gasteiger charge is 2.10. The maximum atomic E-state index is 13.4. The molecule has 1 aliphatic heterocycles. The van der Waals surface area contributed by atoms with Gasteiger partial charge in [-0.1, -0.05) is 12.8 Å². The second kappa shape index (κ2) is 7.33. The van der Waals surface area contributed by atoms with Crippen molar-refractivity contribution >= 4 is 11.4 Å². The standard InChI is InChI=1S/C15H24FN3O/c1-20-15-11-14(13(17)10-12(15)16)18-6-9-19-7-4-2-3-5-8-19/h10-11,18H,2-9,17H2,1H3. The van der Waals surface area contributed by atoms with E-state index >= 15 is 0 Å². The Morgan fingerprint density at radius 1 is 1.25 bits per heavy atom. The smallest absolute Gasteiger partial charge is 0.167 e. The number of hydrogen-bond donors (Lipinski definition) is 2. The molecule has 2 rings (SSSR count). The van der Waals surface area contributed by atoms with Crippen molar-refractivity contribution < 1.29 is 9.13 Å². The average Bonchev–Trinajstić information content (AvgIpc) is 2.70.